The highest BCUT2D eigenvalue weighted by atomic mass is 16.5. The van der Waals surface area contributed by atoms with E-state index in [0.29, 0.717) is 0 Å². The number of methoxy groups -OCH3 is 1. The summed E-state index contributed by atoms with van der Waals surface area (Å²) in [6.45, 7) is 10.2. The minimum atomic E-state index is 0.0971. The molecule has 16 heavy (non-hydrogen) atoms. The zero-order chi connectivity index (χ0) is 11.9. The van der Waals surface area contributed by atoms with E-state index in [0.717, 1.165) is 19.6 Å². The maximum Gasteiger partial charge on any atom is 0.0777 e. The van der Waals surface area contributed by atoms with Crippen molar-refractivity contribution in [2.24, 2.45) is 0 Å². The van der Waals surface area contributed by atoms with Gasteiger partial charge in [0.2, 0.25) is 0 Å². The molecule has 0 radical (unpaired) electrons. The highest BCUT2D eigenvalue weighted by molar-refractivity contribution is 4.84. The Morgan fingerprint density at radius 1 is 1.38 bits per heavy atom. The lowest BCUT2D eigenvalue weighted by Gasteiger charge is -2.39. The van der Waals surface area contributed by atoms with E-state index in [1.807, 2.05) is 7.11 Å². The number of piperidine rings is 1. The van der Waals surface area contributed by atoms with E-state index in [-0.39, 0.29) is 5.60 Å². The fraction of sp³-hybridized carbons (Fsp3) is 1.00. The molecule has 0 spiro atoms. The van der Waals surface area contributed by atoms with Crippen LogP contribution in [0.3, 0.4) is 0 Å². The van der Waals surface area contributed by atoms with Crippen molar-refractivity contribution in [2.45, 2.75) is 45.1 Å². The van der Waals surface area contributed by atoms with Gasteiger partial charge in [0.15, 0.2) is 0 Å². The SMILES string of the molecule is CCNCCCCN1CCCC(C)(OC)C1. The molecule has 1 unspecified atom stereocenters. The summed E-state index contributed by atoms with van der Waals surface area (Å²) in [7, 11) is 1.84. The average Bonchev–Trinajstić information content (AvgIpc) is 2.29. The van der Waals surface area contributed by atoms with Crippen LogP contribution in [0.1, 0.15) is 39.5 Å². The van der Waals surface area contributed by atoms with Crippen LogP contribution in [-0.2, 0) is 4.74 Å². The van der Waals surface area contributed by atoms with Crippen LogP contribution in [0.25, 0.3) is 0 Å². The molecule has 1 rings (SSSR count). The third-order valence-electron chi connectivity index (χ3n) is 3.56. The molecule has 0 aromatic heterocycles. The summed E-state index contributed by atoms with van der Waals surface area (Å²) in [5.41, 5.74) is 0.0971. The number of likely N-dealkylation sites (tertiary alicyclic amines) is 1. The zero-order valence-corrected chi connectivity index (χ0v) is 11.2. The smallest absolute Gasteiger partial charge is 0.0777 e. The number of unbranched alkanes of at least 4 members (excludes halogenated alkanes) is 1. The van der Waals surface area contributed by atoms with Crippen molar-refractivity contribution in [3.8, 4) is 0 Å². The Morgan fingerprint density at radius 2 is 2.19 bits per heavy atom. The van der Waals surface area contributed by atoms with Crippen LogP contribution in [0.2, 0.25) is 0 Å². The molecule has 0 saturated carbocycles. The van der Waals surface area contributed by atoms with Crippen LogP contribution in [0.4, 0.5) is 0 Å². The molecule has 1 aliphatic heterocycles. The molecule has 1 aliphatic rings. The molecule has 1 N–H and O–H groups in total. The lowest BCUT2D eigenvalue weighted by Crippen LogP contribution is -2.47. The second-order valence-electron chi connectivity index (χ2n) is 5.09. The summed E-state index contributed by atoms with van der Waals surface area (Å²) in [6, 6.07) is 0. The Morgan fingerprint density at radius 3 is 2.88 bits per heavy atom. The minimum Gasteiger partial charge on any atom is -0.377 e. The van der Waals surface area contributed by atoms with Gasteiger partial charge in [0.25, 0.3) is 0 Å². The molecule has 1 atom stereocenters. The summed E-state index contributed by atoms with van der Waals surface area (Å²) in [6.07, 6.45) is 5.07. The first-order chi connectivity index (χ1) is 7.70. The topological polar surface area (TPSA) is 24.5 Å². The summed E-state index contributed by atoms with van der Waals surface area (Å²) in [5, 5.41) is 3.37. The van der Waals surface area contributed by atoms with Gasteiger partial charge in [0.1, 0.15) is 0 Å². The van der Waals surface area contributed by atoms with Gasteiger partial charge in [-0.25, -0.2) is 0 Å². The third kappa shape index (κ3) is 4.81. The van der Waals surface area contributed by atoms with E-state index in [9.17, 15) is 0 Å². The van der Waals surface area contributed by atoms with Gasteiger partial charge in [-0.05, 0) is 58.8 Å². The molecule has 0 aromatic carbocycles. The van der Waals surface area contributed by atoms with Gasteiger partial charge in [0.05, 0.1) is 5.60 Å². The summed E-state index contributed by atoms with van der Waals surface area (Å²) in [4.78, 5) is 2.55. The van der Waals surface area contributed by atoms with Crippen LogP contribution >= 0.6 is 0 Å². The molecule has 0 bridgehead atoms. The van der Waals surface area contributed by atoms with E-state index in [2.05, 4.69) is 24.1 Å². The zero-order valence-electron chi connectivity index (χ0n) is 11.2. The van der Waals surface area contributed by atoms with Gasteiger partial charge in [-0.3, -0.25) is 0 Å². The molecular weight excluding hydrogens is 200 g/mol. The molecule has 3 nitrogen and oxygen atoms in total. The van der Waals surface area contributed by atoms with Crippen LogP contribution in [0, 0.1) is 0 Å². The second-order valence-corrected chi connectivity index (χ2v) is 5.09. The monoisotopic (exact) mass is 228 g/mol. The van der Waals surface area contributed by atoms with Gasteiger partial charge in [-0.2, -0.15) is 0 Å². The Labute approximate surface area is 101 Å². The molecule has 3 heteroatoms. The van der Waals surface area contributed by atoms with Crippen LogP contribution in [0.15, 0.2) is 0 Å². The molecule has 1 fully saturated rings. The maximum atomic E-state index is 5.60. The predicted octanol–water partition coefficient (Wildman–Crippen LogP) is 1.88. The normalized spacial score (nSPS) is 27.2. The van der Waals surface area contributed by atoms with Gasteiger partial charge in [-0.1, -0.05) is 6.92 Å². The Bertz CT molecular complexity index is 187. The highest BCUT2D eigenvalue weighted by Gasteiger charge is 2.30. The first-order valence-corrected chi connectivity index (χ1v) is 6.68. The van der Waals surface area contributed by atoms with Crippen LogP contribution in [-0.4, -0.2) is 50.3 Å². The number of nitrogens with zero attached hydrogens (tertiary/aromatic N) is 1. The number of nitrogens with one attached hydrogen (secondary N) is 1. The lowest BCUT2D eigenvalue weighted by molar-refractivity contribution is -0.0508. The van der Waals surface area contributed by atoms with Gasteiger partial charge >= 0.3 is 0 Å². The number of ether oxygens (including phenoxy) is 1. The third-order valence-corrected chi connectivity index (χ3v) is 3.56. The summed E-state index contributed by atoms with van der Waals surface area (Å²) < 4.78 is 5.60. The van der Waals surface area contributed by atoms with E-state index in [1.54, 1.807) is 0 Å². The largest absolute Gasteiger partial charge is 0.377 e. The molecule has 0 amide bonds. The van der Waals surface area contributed by atoms with Crippen molar-refractivity contribution in [2.75, 3.05) is 39.8 Å². The highest BCUT2D eigenvalue weighted by Crippen LogP contribution is 2.23. The van der Waals surface area contributed by atoms with Crippen LogP contribution < -0.4 is 5.32 Å². The molecule has 0 aromatic rings. The summed E-state index contributed by atoms with van der Waals surface area (Å²) >= 11 is 0. The first kappa shape index (κ1) is 13.9. The maximum absolute atomic E-state index is 5.60. The van der Waals surface area contributed by atoms with Crippen molar-refractivity contribution < 1.29 is 4.74 Å². The van der Waals surface area contributed by atoms with Gasteiger partial charge in [-0.15, -0.1) is 0 Å². The molecule has 0 aliphatic carbocycles. The molecule has 1 saturated heterocycles. The van der Waals surface area contributed by atoms with E-state index >= 15 is 0 Å². The Kier molecular flexibility index (Phi) is 6.32. The van der Waals surface area contributed by atoms with Crippen molar-refractivity contribution >= 4 is 0 Å². The lowest BCUT2D eigenvalue weighted by atomic mass is 9.94. The molecular formula is C13H28N2O. The Hall–Kier alpha value is -0.120. The standard InChI is InChI=1S/C13H28N2O/c1-4-14-9-5-6-10-15-11-7-8-13(2,12-15)16-3/h14H,4-12H2,1-3H3. The average molecular weight is 228 g/mol. The minimum absolute atomic E-state index is 0.0971. The van der Waals surface area contributed by atoms with E-state index in [1.165, 1.54) is 38.8 Å². The van der Waals surface area contributed by atoms with E-state index < -0.39 is 0 Å². The number of hydrogen-bond donors (Lipinski definition) is 1. The quantitative estimate of drug-likeness (QED) is 0.673. The second kappa shape index (κ2) is 7.25. The first-order valence-electron chi connectivity index (χ1n) is 6.68. The number of rotatable bonds is 7. The fourth-order valence-electron chi connectivity index (χ4n) is 2.43. The Balaban J connectivity index is 2.12. The van der Waals surface area contributed by atoms with Gasteiger partial charge < -0.3 is 15.0 Å². The predicted molar refractivity (Wildman–Crippen MR) is 68.9 cm³/mol. The van der Waals surface area contributed by atoms with Crippen molar-refractivity contribution in [3.63, 3.8) is 0 Å². The molecule has 96 valence electrons. The van der Waals surface area contributed by atoms with Crippen molar-refractivity contribution in [1.82, 2.24) is 10.2 Å². The molecule has 1 heterocycles. The van der Waals surface area contributed by atoms with Crippen molar-refractivity contribution in [1.29, 1.82) is 0 Å². The number of hydrogen-bond acceptors (Lipinski definition) is 3. The summed E-state index contributed by atoms with van der Waals surface area (Å²) in [5.74, 6) is 0. The fourth-order valence-corrected chi connectivity index (χ4v) is 2.43. The van der Waals surface area contributed by atoms with Crippen molar-refractivity contribution in [3.05, 3.63) is 0 Å². The van der Waals surface area contributed by atoms with E-state index in [4.69, 9.17) is 4.74 Å². The van der Waals surface area contributed by atoms with Crippen LogP contribution in [0.5, 0.6) is 0 Å². The van der Waals surface area contributed by atoms with Gasteiger partial charge in [0, 0.05) is 13.7 Å².